The minimum atomic E-state index is -0.985. The van der Waals surface area contributed by atoms with Crippen molar-refractivity contribution in [3.8, 4) is 0 Å². The highest BCUT2D eigenvalue weighted by Gasteiger charge is 2.35. The first-order valence-corrected chi connectivity index (χ1v) is 9.80. The number of carboxylic acid groups (broad SMARTS) is 1. The average molecular weight is 375 g/mol. The smallest absolute Gasteiger partial charge is 0.339 e. The molecule has 0 aliphatic heterocycles. The molecule has 0 saturated carbocycles. The number of carbonyl (C=O) groups is 2. The monoisotopic (exact) mass is 375 g/mol. The maximum absolute atomic E-state index is 12.4. The maximum atomic E-state index is 12.4. The van der Waals surface area contributed by atoms with Gasteiger partial charge in [0.2, 0.25) is 0 Å². The molecule has 6 heteroatoms. The van der Waals surface area contributed by atoms with Gasteiger partial charge in [-0.25, -0.2) is 4.79 Å². The molecule has 2 N–H and O–H groups in total. The Balaban J connectivity index is 1.90. The first kappa shape index (κ1) is 18.7. The predicted molar refractivity (Wildman–Crippen MR) is 102 cm³/mol. The van der Waals surface area contributed by atoms with Gasteiger partial charge in [-0.1, -0.05) is 27.2 Å². The fourth-order valence-corrected chi connectivity index (χ4v) is 4.89. The minimum Gasteiger partial charge on any atom is -0.478 e. The summed E-state index contributed by atoms with van der Waals surface area (Å²) in [4.78, 5) is 25.3. The summed E-state index contributed by atoms with van der Waals surface area (Å²) in [6, 6.07) is 3.31. The van der Waals surface area contributed by atoms with Gasteiger partial charge >= 0.3 is 5.97 Å². The van der Waals surface area contributed by atoms with Crippen LogP contribution in [0.5, 0.6) is 0 Å². The van der Waals surface area contributed by atoms with E-state index in [1.165, 1.54) is 11.3 Å². The van der Waals surface area contributed by atoms with Gasteiger partial charge in [0.15, 0.2) is 5.76 Å². The van der Waals surface area contributed by atoms with Crippen molar-refractivity contribution < 1.29 is 19.1 Å². The van der Waals surface area contributed by atoms with Crippen LogP contribution < -0.4 is 5.32 Å². The molecule has 140 valence electrons. The van der Waals surface area contributed by atoms with Crippen molar-refractivity contribution in [2.45, 2.75) is 53.4 Å². The zero-order valence-corrected chi connectivity index (χ0v) is 16.5. The molecule has 0 spiro atoms. The fourth-order valence-electron chi connectivity index (χ4n) is 3.58. The summed E-state index contributed by atoms with van der Waals surface area (Å²) in [5.74, 6) is -0.0400. The molecule has 0 bridgehead atoms. The minimum absolute atomic E-state index is 0.190. The summed E-state index contributed by atoms with van der Waals surface area (Å²) in [6.45, 7) is 8.51. The summed E-state index contributed by atoms with van der Waals surface area (Å²) in [6.07, 6.45) is 3.69. The number of nitrogens with one attached hydrogen (secondary N) is 1. The van der Waals surface area contributed by atoms with E-state index in [-0.39, 0.29) is 16.7 Å². The van der Waals surface area contributed by atoms with Gasteiger partial charge in [0.1, 0.15) is 10.8 Å². The Kier molecular flexibility index (Phi) is 4.97. The highest BCUT2D eigenvalue weighted by Crippen LogP contribution is 2.45. The zero-order chi connectivity index (χ0) is 19.1. The number of aromatic carboxylic acids is 1. The number of carbonyl (C=O) groups excluding carboxylic acids is 1. The van der Waals surface area contributed by atoms with Crippen molar-refractivity contribution in [1.82, 2.24) is 0 Å². The van der Waals surface area contributed by atoms with Crippen molar-refractivity contribution >= 4 is 28.2 Å². The lowest BCUT2D eigenvalue weighted by Crippen LogP contribution is -2.28. The van der Waals surface area contributed by atoms with E-state index in [1.54, 1.807) is 19.1 Å². The molecule has 1 unspecified atom stereocenters. The number of fused-ring (bicyclic) bond motifs is 1. The first-order valence-electron chi connectivity index (χ1n) is 8.98. The standard InChI is InChI=1S/C20H25NO4S/c1-5-20(3,4)12-7-8-13-15(10-12)26-18(16(13)19(23)24)21-17(22)14-9-6-11(2)25-14/h6,9,12H,5,7-8,10H2,1-4H3,(H,21,22)(H,23,24). The summed E-state index contributed by atoms with van der Waals surface area (Å²) < 4.78 is 5.34. The lowest BCUT2D eigenvalue weighted by atomic mass is 9.69. The van der Waals surface area contributed by atoms with Crippen molar-refractivity contribution in [2.24, 2.45) is 11.3 Å². The van der Waals surface area contributed by atoms with Crippen LogP contribution in [0.2, 0.25) is 0 Å². The Hall–Kier alpha value is -2.08. The molecule has 26 heavy (non-hydrogen) atoms. The number of carboxylic acids is 1. The molecule has 0 aromatic carbocycles. The number of rotatable bonds is 5. The van der Waals surface area contributed by atoms with Crippen molar-refractivity contribution in [2.75, 3.05) is 5.32 Å². The first-order chi connectivity index (χ1) is 12.2. The predicted octanol–water partition coefficient (Wildman–Crippen LogP) is 5.14. The molecule has 1 aliphatic rings. The third kappa shape index (κ3) is 3.43. The number of aryl methyl sites for hydroxylation is 1. The Morgan fingerprint density at radius 1 is 1.38 bits per heavy atom. The lowest BCUT2D eigenvalue weighted by molar-refractivity contribution is 0.0696. The van der Waals surface area contributed by atoms with Crippen molar-refractivity contribution in [1.29, 1.82) is 0 Å². The Bertz CT molecular complexity index is 846. The summed E-state index contributed by atoms with van der Waals surface area (Å²) in [5, 5.41) is 12.9. The highest BCUT2D eigenvalue weighted by atomic mass is 32.1. The number of amides is 1. The normalized spacial score (nSPS) is 17.0. The van der Waals surface area contributed by atoms with Gasteiger partial charge < -0.3 is 14.8 Å². The van der Waals surface area contributed by atoms with Crippen molar-refractivity contribution in [3.63, 3.8) is 0 Å². The topological polar surface area (TPSA) is 79.5 Å². The second-order valence-corrected chi connectivity index (χ2v) is 8.76. The summed E-state index contributed by atoms with van der Waals surface area (Å²) in [5.41, 5.74) is 1.35. The van der Waals surface area contributed by atoms with E-state index in [2.05, 4.69) is 26.1 Å². The van der Waals surface area contributed by atoms with Crippen LogP contribution in [0.3, 0.4) is 0 Å². The molecule has 1 atom stereocenters. The van der Waals surface area contributed by atoms with Gasteiger partial charge in [-0.05, 0) is 55.2 Å². The molecule has 0 radical (unpaired) electrons. The van der Waals surface area contributed by atoms with Crippen LogP contribution in [0.4, 0.5) is 5.00 Å². The molecule has 2 aromatic rings. The van der Waals surface area contributed by atoms with Crippen LogP contribution >= 0.6 is 11.3 Å². The molecule has 2 aromatic heterocycles. The largest absolute Gasteiger partial charge is 0.478 e. The third-order valence-corrected chi connectivity index (χ3v) is 6.86. The Morgan fingerprint density at radius 3 is 2.69 bits per heavy atom. The zero-order valence-electron chi connectivity index (χ0n) is 15.6. The molecule has 2 heterocycles. The van der Waals surface area contributed by atoms with Gasteiger partial charge in [-0.2, -0.15) is 0 Å². The van der Waals surface area contributed by atoms with Gasteiger partial charge in [-0.3, -0.25) is 4.79 Å². The molecule has 1 amide bonds. The van der Waals surface area contributed by atoms with Crippen LogP contribution in [0.15, 0.2) is 16.5 Å². The molecule has 0 fully saturated rings. The Morgan fingerprint density at radius 2 is 2.12 bits per heavy atom. The van der Waals surface area contributed by atoms with Gasteiger partial charge in [0, 0.05) is 4.88 Å². The number of thiophene rings is 1. The quantitative estimate of drug-likeness (QED) is 0.758. The van der Waals surface area contributed by atoms with E-state index in [9.17, 15) is 14.7 Å². The second-order valence-electron chi connectivity index (χ2n) is 7.66. The summed E-state index contributed by atoms with van der Waals surface area (Å²) in [7, 11) is 0. The summed E-state index contributed by atoms with van der Waals surface area (Å²) >= 11 is 1.40. The van der Waals surface area contributed by atoms with E-state index in [1.807, 2.05) is 0 Å². The van der Waals surface area contributed by atoms with Gasteiger partial charge in [-0.15, -0.1) is 11.3 Å². The van der Waals surface area contributed by atoms with E-state index < -0.39 is 11.9 Å². The van der Waals surface area contributed by atoms with Crippen LogP contribution in [0, 0.1) is 18.3 Å². The van der Waals surface area contributed by atoms with E-state index in [0.717, 1.165) is 36.1 Å². The highest BCUT2D eigenvalue weighted by molar-refractivity contribution is 7.17. The maximum Gasteiger partial charge on any atom is 0.339 e. The fraction of sp³-hybridized carbons (Fsp3) is 0.500. The molecule has 3 rings (SSSR count). The lowest BCUT2D eigenvalue weighted by Gasteiger charge is -2.36. The molecule has 5 nitrogen and oxygen atoms in total. The number of anilines is 1. The van der Waals surface area contributed by atoms with Crippen LogP contribution in [-0.2, 0) is 12.8 Å². The van der Waals surface area contributed by atoms with Crippen LogP contribution in [0.1, 0.15) is 70.7 Å². The number of furan rings is 1. The second kappa shape index (κ2) is 6.91. The average Bonchev–Trinajstić information content (AvgIpc) is 3.17. The molecular formula is C20H25NO4S. The third-order valence-electron chi connectivity index (χ3n) is 5.69. The SMILES string of the molecule is CCC(C)(C)C1CCc2c(sc(NC(=O)c3ccc(C)o3)c2C(=O)O)C1. The van der Waals surface area contributed by atoms with E-state index in [4.69, 9.17) is 4.42 Å². The molecule has 0 saturated heterocycles. The van der Waals surface area contributed by atoms with Crippen LogP contribution in [-0.4, -0.2) is 17.0 Å². The van der Waals surface area contributed by atoms with E-state index >= 15 is 0 Å². The molecular weight excluding hydrogens is 350 g/mol. The number of hydrogen-bond donors (Lipinski definition) is 2. The molecule has 1 aliphatic carbocycles. The number of hydrogen-bond acceptors (Lipinski definition) is 4. The van der Waals surface area contributed by atoms with E-state index in [0.29, 0.717) is 16.7 Å². The Labute approximate surface area is 157 Å². The van der Waals surface area contributed by atoms with Crippen molar-refractivity contribution in [3.05, 3.63) is 39.7 Å². The van der Waals surface area contributed by atoms with Gasteiger partial charge in [0.05, 0.1) is 5.56 Å². The van der Waals surface area contributed by atoms with Crippen LogP contribution in [0.25, 0.3) is 0 Å². The van der Waals surface area contributed by atoms with Gasteiger partial charge in [0.25, 0.3) is 5.91 Å².